The molecule has 1 aliphatic heterocycles. The third kappa shape index (κ3) is 6.65. The van der Waals surface area contributed by atoms with Crippen LogP contribution in [0, 0.1) is 12.7 Å². The molecular formula is C25H30ClF2N3O3S. The van der Waals surface area contributed by atoms with Crippen LogP contribution in [0.25, 0.3) is 0 Å². The first-order valence-corrected chi connectivity index (χ1v) is 13.2. The Labute approximate surface area is 213 Å². The van der Waals surface area contributed by atoms with Crippen molar-refractivity contribution in [2.45, 2.75) is 50.7 Å². The molecule has 6 nitrogen and oxygen atoms in total. The Kier molecular flexibility index (Phi) is 8.23. The van der Waals surface area contributed by atoms with Crippen LogP contribution in [0.15, 0.2) is 30.3 Å². The van der Waals surface area contributed by atoms with E-state index in [2.05, 4.69) is 10.3 Å². The lowest BCUT2D eigenvalue weighted by Crippen LogP contribution is -2.44. The molecule has 2 aromatic carbocycles. The number of nitrogens with one attached hydrogen (secondary N) is 1. The number of carbonyl (C=O) groups is 1. The summed E-state index contributed by atoms with van der Waals surface area (Å²) in [5, 5.41) is 10.2. The van der Waals surface area contributed by atoms with Crippen molar-refractivity contribution in [3.05, 3.63) is 63.4 Å². The summed E-state index contributed by atoms with van der Waals surface area (Å²) < 4.78 is 36.7. The van der Waals surface area contributed by atoms with Gasteiger partial charge in [-0.1, -0.05) is 23.7 Å². The van der Waals surface area contributed by atoms with Gasteiger partial charge in [0.05, 0.1) is 5.56 Å². The van der Waals surface area contributed by atoms with Gasteiger partial charge in [-0.3, -0.25) is 20.3 Å². The van der Waals surface area contributed by atoms with E-state index in [9.17, 15) is 14.4 Å². The Hall–Kier alpha value is -1.91. The fourth-order valence-electron chi connectivity index (χ4n) is 4.26. The molecule has 0 spiro atoms. The van der Waals surface area contributed by atoms with Crippen molar-refractivity contribution in [3.63, 3.8) is 0 Å². The maximum Gasteiger partial charge on any atom is 0.271 e. The predicted octanol–water partition coefficient (Wildman–Crippen LogP) is 5.66. The molecule has 0 unspecified atom stereocenters. The monoisotopic (exact) mass is 525 g/mol. The number of ether oxygens (including phenoxy) is 1. The average molecular weight is 526 g/mol. The number of halogens is 3. The summed E-state index contributed by atoms with van der Waals surface area (Å²) in [5.74, 6) is -1.12. The number of hydrogen-bond acceptors (Lipinski definition) is 6. The second-order valence-corrected chi connectivity index (χ2v) is 10.5. The number of rotatable bonds is 9. The first-order chi connectivity index (χ1) is 16.7. The van der Waals surface area contributed by atoms with E-state index in [1.165, 1.54) is 6.07 Å². The van der Waals surface area contributed by atoms with Gasteiger partial charge in [-0.2, -0.15) is 0 Å². The zero-order chi connectivity index (χ0) is 25.2. The van der Waals surface area contributed by atoms with Crippen LogP contribution in [0.2, 0.25) is 5.02 Å². The molecule has 1 saturated carbocycles. The molecule has 0 atom stereocenters. The van der Waals surface area contributed by atoms with E-state index in [1.54, 1.807) is 6.26 Å². The highest BCUT2D eigenvalue weighted by atomic mass is 35.5. The summed E-state index contributed by atoms with van der Waals surface area (Å²) in [7, 11) is 0. The number of hydrogen-bond donors (Lipinski definition) is 2. The predicted molar refractivity (Wildman–Crippen MR) is 133 cm³/mol. The van der Waals surface area contributed by atoms with Crippen molar-refractivity contribution in [1.82, 2.24) is 14.9 Å². The zero-order valence-electron chi connectivity index (χ0n) is 19.8. The zero-order valence-corrected chi connectivity index (χ0v) is 21.4. The SMILES string of the molecule is CSN(O)NC(=O)c1cc(C2CC2)c(OCC2(F)CCN(Cc3ccc(C)cc3Cl)CC2)cc1F. The molecule has 1 aliphatic carbocycles. The molecule has 1 saturated heterocycles. The number of benzene rings is 2. The highest BCUT2D eigenvalue weighted by Crippen LogP contribution is 2.45. The minimum Gasteiger partial charge on any atom is -0.490 e. The maximum atomic E-state index is 15.6. The number of hydrazine groups is 1. The van der Waals surface area contributed by atoms with E-state index < -0.39 is 17.4 Å². The van der Waals surface area contributed by atoms with Gasteiger partial charge in [-0.05, 0) is 83.9 Å². The molecular weight excluding hydrogens is 496 g/mol. The van der Waals surface area contributed by atoms with Crippen LogP contribution >= 0.6 is 23.5 Å². The van der Waals surface area contributed by atoms with Crippen molar-refractivity contribution < 1.29 is 23.5 Å². The van der Waals surface area contributed by atoms with Crippen LogP contribution in [0.5, 0.6) is 5.75 Å². The Morgan fingerprint density at radius 2 is 2.03 bits per heavy atom. The molecule has 4 rings (SSSR count). The van der Waals surface area contributed by atoms with E-state index in [4.69, 9.17) is 16.3 Å². The van der Waals surface area contributed by atoms with Gasteiger partial charge in [0.2, 0.25) is 0 Å². The van der Waals surface area contributed by atoms with Gasteiger partial charge >= 0.3 is 0 Å². The van der Waals surface area contributed by atoms with Crippen molar-refractivity contribution in [2.75, 3.05) is 26.0 Å². The first kappa shape index (κ1) is 26.2. The molecule has 1 amide bonds. The largest absolute Gasteiger partial charge is 0.490 e. The molecule has 35 heavy (non-hydrogen) atoms. The van der Waals surface area contributed by atoms with Gasteiger partial charge in [0.15, 0.2) is 0 Å². The number of amides is 1. The summed E-state index contributed by atoms with van der Waals surface area (Å²) >= 11 is 7.21. The standard InChI is InChI=1S/C25H30ClF2N3O3S/c1-16-3-4-18(21(26)11-16)14-30-9-7-25(28,8-10-30)15-34-23-13-22(27)20(12-19(23)17-5-6-17)24(32)29-31(33)35-2/h3-4,11-13,17,33H,5-10,14-15H2,1-2H3,(H,29,32). The third-order valence-electron chi connectivity index (χ3n) is 6.57. The van der Waals surface area contributed by atoms with Gasteiger partial charge in [0.25, 0.3) is 5.91 Å². The lowest BCUT2D eigenvalue weighted by molar-refractivity contribution is -0.0242. The summed E-state index contributed by atoms with van der Waals surface area (Å²) in [4.78, 5) is 14.5. The molecule has 1 heterocycles. The molecule has 2 fully saturated rings. The van der Waals surface area contributed by atoms with Crippen molar-refractivity contribution in [3.8, 4) is 5.75 Å². The van der Waals surface area contributed by atoms with Crippen LogP contribution in [-0.4, -0.2) is 52.2 Å². The number of alkyl halides is 1. The molecule has 2 N–H and O–H groups in total. The summed E-state index contributed by atoms with van der Waals surface area (Å²) in [6.07, 6.45) is 3.96. The number of piperidine rings is 1. The Balaban J connectivity index is 1.38. The van der Waals surface area contributed by atoms with Gasteiger partial charge in [-0.25, -0.2) is 8.78 Å². The summed E-state index contributed by atoms with van der Waals surface area (Å²) in [5.41, 5.74) is 3.28. The van der Waals surface area contributed by atoms with Crippen LogP contribution < -0.4 is 10.2 Å². The van der Waals surface area contributed by atoms with E-state index in [1.807, 2.05) is 25.1 Å². The smallest absolute Gasteiger partial charge is 0.271 e. The molecule has 10 heteroatoms. The van der Waals surface area contributed by atoms with E-state index in [0.29, 0.717) is 42.6 Å². The fourth-order valence-corrected chi connectivity index (χ4v) is 4.73. The van der Waals surface area contributed by atoms with E-state index >= 15 is 4.39 Å². The third-order valence-corrected chi connectivity index (χ3v) is 7.36. The van der Waals surface area contributed by atoms with Gasteiger partial charge in [-0.15, -0.1) is 0 Å². The van der Waals surface area contributed by atoms with Crippen molar-refractivity contribution >= 4 is 29.5 Å². The lowest BCUT2D eigenvalue weighted by atomic mass is 9.93. The average Bonchev–Trinajstić information content (AvgIpc) is 3.66. The Bertz CT molecular complexity index is 1080. The van der Waals surface area contributed by atoms with E-state index in [-0.39, 0.29) is 23.8 Å². The molecule has 190 valence electrons. The number of aryl methyl sites for hydroxylation is 1. The van der Waals surface area contributed by atoms with Gasteiger partial charge < -0.3 is 4.74 Å². The summed E-state index contributed by atoms with van der Waals surface area (Å²) in [6.45, 7) is 3.62. The molecule has 2 aromatic rings. The minimum atomic E-state index is -1.52. The highest BCUT2D eigenvalue weighted by molar-refractivity contribution is 7.96. The number of nitrogens with zero attached hydrogens (tertiary/aromatic N) is 2. The highest BCUT2D eigenvalue weighted by Gasteiger charge is 2.37. The van der Waals surface area contributed by atoms with Crippen LogP contribution in [0.1, 0.15) is 58.6 Å². The van der Waals surface area contributed by atoms with Crippen molar-refractivity contribution in [1.29, 1.82) is 0 Å². The lowest BCUT2D eigenvalue weighted by Gasteiger charge is -2.36. The normalized spacial score (nSPS) is 18.0. The Morgan fingerprint density at radius 3 is 2.66 bits per heavy atom. The van der Waals surface area contributed by atoms with Gasteiger partial charge in [0, 0.05) is 37.0 Å². The van der Waals surface area contributed by atoms with E-state index in [0.717, 1.165) is 47.0 Å². The fraction of sp³-hybridized carbons (Fsp3) is 0.480. The van der Waals surface area contributed by atoms with Crippen LogP contribution in [0.4, 0.5) is 8.78 Å². The Morgan fingerprint density at radius 1 is 1.31 bits per heavy atom. The number of likely N-dealkylation sites (tertiary alicyclic amines) is 1. The molecule has 2 aliphatic rings. The second-order valence-electron chi connectivity index (χ2n) is 9.35. The van der Waals surface area contributed by atoms with Gasteiger partial charge in [0.1, 0.15) is 23.8 Å². The topological polar surface area (TPSA) is 65.0 Å². The van der Waals surface area contributed by atoms with Crippen molar-refractivity contribution in [2.24, 2.45) is 0 Å². The second kappa shape index (κ2) is 11.0. The number of carbonyl (C=O) groups excluding carboxylic acids is 1. The first-order valence-electron chi connectivity index (χ1n) is 11.6. The van der Waals surface area contributed by atoms with Crippen LogP contribution in [0.3, 0.4) is 0 Å². The maximum absolute atomic E-state index is 15.6. The molecule has 0 aromatic heterocycles. The molecule has 0 radical (unpaired) electrons. The minimum absolute atomic E-state index is 0.152. The quantitative estimate of drug-likeness (QED) is 0.325. The van der Waals surface area contributed by atoms with Crippen LogP contribution in [-0.2, 0) is 6.54 Å². The summed E-state index contributed by atoms with van der Waals surface area (Å²) in [6, 6.07) is 8.57. The molecule has 0 bridgehead atoms.